The van der Waals surface area contributed by atoms with Gasteiger partial charge in [-0.15, -0.1) is 0 Å². The standard InChI is InChI=1S/C14H22ClNO/c1-4-11(5-2)9-17-14-7-6-12(10(3)16)8-13(14)15/h6-8,10-11H,4-5,9,16H2,1-3H3. The van der Waals surface area contributed by atoms with Crippen molar-refractivity contribution < 1.29 is 4.74 Å². The van der Waals surface area contributed by atoms with Gasteiger partial charge in [0.15, 0.2) is 0 Å². The maximum atomic E-state index is 6.16. The van der Waals surface area contributed by atoms with Crippen LogP contribution < -0.4 is 10.5 Å². The fraction of sp³-hybridized carbons (Fsp3) is 0.571. The highest BCUT2D eigenvalue weighted by atomic mass is 35.5. The Kier molecular flexibility index (Phi) is 5.79. The van der Waals surface area contributed by atoms with Gasteiger partial charge in [0, 0.05) is 6.04 Å². The molecule has 1 unspecified atom stereocenters. The zero-order chi connectivity index (χ0) is 12.8. The third-order valence-corrected chi connectivity index (χ3v) is 3.41. The van der Waals surface area contributed by atoms with Crippen LogP contribution in [-0.2, 0) is 0 Å². The van der Waals surface area contributed by atoms with Gasteiger partial charge in [-0.25, -0.2) is 0 Å². The van der Waals surface area contributed by atoms with Crippen LogP contribution in [0, 0.1) is 5.92 Å². The molecule has 0 heterocycles. The number of benzene rings is 1. The summed E-state index contributed by atoms with van der Waals surface area (Å²) in [6.07, 6.45) is 2.26. The molecule has 0 bridgehead atoms. The maximum absolute atomic E-state index is 6.16. The SMILES string of the molecule is CCC(CC)COc1ccc(C(C)N)cc1Cl. The van der Waals surface area contributed by atoms with Crippen molar-refractivity contribution in [3.05, 3.63) is 28.8 Å². The van der Waals surface area contributed by atoms with Gasteiger partial charge in [0.1, 0.15) is 5.75 Å². The van der Waals surface area contributed by atoms with Gasteiger partial charge >= 0.3 is 0 Å². The summed E-state index contributed by atoms with van der Waals surface area (Å²) < 4.78 is 5.74. The highest BCUT2D eigenvalue weighted by Gasteiger charge is 2.08. The molecule has 1 atom stereocenters. The molecule has 2 nitrogen and oxygen atoms in total. The van der Waals surface area contributed by atoms with E-state index in [0.29, 0.717) is 10.9 Å². The summed E-state index contributed by atoms with van der Waals surface area (Å²) in [4.78, 5) is 0. The Labute approximate surface area is 109 Å². The lowest BCUT2D eigenvalue weighted by Gasteiger charge is -2.15. The predicted octanol–water partition coefficient (Wildman–Crippen LogP) is 4.17. The molecule has 1 rings (SSSR count). The first-order valence-electron chi connectivity index (χ1n) is 6.26. The number of halogens is 1. The van der Waals surface area contributed by atoms with Gasteiger partial charge in [0.05, 0.1) is 11.6 Å². The molecule has 0 saturated carbocycles. The van der Waals surface area contributed by atoms with Gasteiger partial charge in [-0.05, 0) is 30.5 Å². The second kappa shape index (κ2) is 6.87. The van der Waals surface area contributed by atoms with Gasteiger partial charge in [0.25, 0.3) is 0 Å². The molecule has 0 aliphatic heterocycles. The van der Waals surface area contributed by atoms with Gasteiger partial charge in [-0.3, -0.25) is 0 Å². The van der Waals surface area contributed by atoms with Crippen LogP contribution >= 0.6 is 11.6 Å². The second-order valence-electron chi connectivity index (χ2n) is 4.47. The Hall–Kier alpha value is -0.730. The van der Waals surface area contributed by atoms with E-state index in [4.69, 9.17) is 22.1 Å². The highest BCUT2D eigenvalue weighted by Crippen LogP contribution is 2.28. The van der Waals surface area contributed by atoms with Gasteiger partial charge in [-0.2, -0.15) is 0 Å². The van der Waals surface area contributed by atoms with Crippen molar-refractivity contribution in [1.29, 1.82) is 0 Å². The van der Waals surface area contributed by atoms with E-state index in [9.17, 15) is 0 Å². The molecule has 1 aromatic rings. The summed E-state index contributed by atoms with van der Waals surface area (Å²) in [7, 11) is 0. The summed E-state index contributed by atoms with van der Waals surface area (Å²) in [6, 6.07) is 5.76. The summed E-state index contributed by atoms with van der Waals surface area (Å²) in [6.45, 7) is 7.03. The van der Waals surface area contributed by atoms with Crippen LogP contribution in [0.2, 0.25) is 5.02 Å². The number of nitrogens with two attached hydrogens (primary N) is 1. The molecule has 0 spiro atoms. The Morgan fingerprint density at radius 2 is 1.94 bits per heavy atom. The molecule has 17 heavy (non-hydrogen) atoms. The average Bonchev–Trinajstić information content (AvgIpc) is 2.31. The molecule has 2 N–H and O–H groups in total. The van der Waals surface area contributed by atoms with Crippen LogP contribution in [0.3, 0.4) is 0 Å². The number of hydrogen-bond acceptors (Lipinski definition) is 2. The lowest BCUT2D eigenvalue weighted by molar-refractivity contribution is 0.240. The molecule has 1 aromatic carbocycles. The fourth-order valence-corrected chi connectivity index (χ4v) is 1.89. The molecular formula is C14H22ClNO. The first-order valence-corrected chi connectivity index (χ1v) is 6.64. The van der Waals surface area contributed by atoms with Gasteiger partial charge in [-0.1, -0.05) is 44.4 Å². The molecule has 0 saturated heterocycles. The normalized spacial score (nSPS) is 12.8. The Morgan fingerprint density at radius 1 is 1.29 bits per heavy atom. The van der Waals surface area contributed by atoms with Crippen molar-refractivity contribution in [1.82, 2.24) is 0 Å². The average molecular weight is 256 g/mol. The number of rotatable bonds is 6. The molecule has 96 valence electrons. The third-order valence-electron chi connectivity index (χ3n) is 3.11. The van der Waals surface area contributed by atoms with E-state index >= 15 is 0 Å². The van der Waals surface area contributed by atoms with E-state index in [1.807, 2.05) is 25.1 Å². The quantitative estimate of drug-likeness (QED) is 0.828. The molecule has 0 aliphatic rings. The minimum Gasteiger partial charge on any atom is -0.492 e. The van der Waals surface area contributed by atoms with E-state index in [2.05, 4.69) is 13.8 Å². The Morgan fingerprint density at radius 3 is 2.41 bits per heavy atom. The van der Waals surface area contributed by atoms with Crippen molar-refractivity contribution >= 4 is 11.6 Å². The smallest absolute Gasteiger partial charge is 0.137 e. The summed E-state index contributed by atoms with van der Waals surface area (Å²) in [5, 5.41) is 0.644. The van der Waals surface area contributed by atoms with Crippen LogP contribution in [0.1, 0.15) is 45.2 Å². The topological polar surface area (TPSA) is 35.2 Å². The lowest BCUT2D eigenvalue weighted by atomic mass is 10.1. The van der Waals surface area contributed by atoms with Gasteiger partial charge < -0.3 is 10.5 Å². The highest BCUT2D eigenvalue weighted by molar-refractivity contribution is 6.32. The van der Waals surface area contributed by atoms with Crippen molar-refractivity contribution in [2.75, 3.05) is 6.61 Å². The Bertz CT molecular complexity index is 348. The molecule has 0 aromatic heterocycles. The molecule has 3 heteroatoms. The largest absolute Gasteiger partial charge is 0.492 e. The van der Waals surface area contributed by atoms with Crippen molar-refractivity contribution in [3.8, 4) is 5.75 Å². The zero-order valence-corrected chi connectivity index (χ0v) is 11.6. The van der Waals surface area contributed by atoms with Crippen LogP contribution in [0.25, 0.3) is 0 Å². The predicted molar refractivity (Wildman–Crippen MR) is 73.6 cm³/mol. The molecule has 0 fully saturated rings. The maximum Gasteiger partial charge on any atom is 0.137 e. The summed E-state index contributed by atoms with van der Waals surface area (Å²) in [5.41, 5.74) is 6.83. The molecule has 0 radical (unpaired) electrons. The van der Waals surface area contributed by atoms with Crippen LogP contribution in [0.4, 0.5) is 0 Å². The van der Waals surface area contributed by atoms with E-state index in [0.717, 1.165) is 30.8 Å². The van der Waals surface area contributed by atoms with E-state index in [1.54, 1.807) is 0 Å². The molecule has 0 amide bonds. The fourth-order valence-electron chi connectivity index (χ4n) is 1.65. The van der Waals surface area contributed by atoms with Crippen LogP contribution in [0.15, 0.2) is 18.2 Å². The first kappa shape index (κ1) is 14.3. The molecule has 0 aliphatic carbocycles. The summed E-state index contributed by atoms with van der Waals surface area (Å²) in [5.74, 6) is 1.35. The van der Waals surface area contributed by atoms with E-state index < -0.39 is 0 Å². The van der Waals surface area contributed by atoms with Crippen LogP contribution in [-0.4, -0.2) is 6.61 Å². The van der Waals surface area contributed by atoms with Crippen molar-refractivity contribution in [2.24, 2.45) is 11.7 Å². The first-order chi connectivity index (χ1) is 8.08. The Balaban J connectivity index is 2.66. The van der Waals surface area contributed by atoms with E-state index in [1.165, 1.54) is 0 Å². The van der Waals surface area contributed by atoms with Crippen molar-refractivity contribution in [3.63, 3.8) is 0 Å². The minimum atomic E-state index is 0.000539. The third kappa shape index (κ3) is 4.21. The monoisotopic (exact) mass is 255 g/mol. The van der Waals surface area contributed by atoms with Crippen LogP contribution in [0.5, 0.6) is 5.75 Å². The second-order valence-corrected chi connectivity index (χ2v) is 4.88. The minimum absolute atomic E-state index is 0.000539. The van der Waals surface area contributed by atoms with Crippen molar-refractivity contribution in [2.45, 2.75) is 39.7 Å². The summed E-state index contributed by atoms with van der Waals surface area (Å²) >= 11 is 6.16. The van der Waals surface area contributed by atoms with E-state index in [-0.39, 0.29) is 6.04 Å². The zero-order valence-electron chi connectivity index (χ0n) is 10.9. The molecular weight excluding hydrogens is 234 g/mol. The lowest BCUT2D eigenvalue weighted by Crippen LogP contribution is -2.10. The van der Waals surface area contributed by atoms with Gasteiger partial charge in [0.2, 0.25) is 0 Å². The number of hydrogen-bond donors (Lipinski definition) is 1. The number of ether oxygens (including phenoxy) is 1.